The maximum absolute atomic E-state index is 13.6. The van der Waals surface area contributed by atoms with Crippen LogP contribution in [0.5, 0.6) is 0 Å². The van der Waals surface area contributed by atoms with Gasteiger partial charge in [-0.3, -0.25) is 19.6 Å². The standard InChI is InChI=1S/C20H17FN4O2S/c1-10(2)11-4-6-14-16(8-11)28-20(22-14)23-19(27)17-18(26)13-9-12(21)5-7-15(13)25(3)24-17/h4-10H,1-3H3,(H,22,23,27). The van der Waals surface area contributed by atoms with E-state index in [2.05, 4.69) is 29.2 Å². The van der Waals surface area contributed by atoms with E-state index in [0.29, 0.717) is 16.6 Å². The van der Waals surface area contributed by atoms with Crippen LogP contribution in [0, 0.1) is 5.82 Å². The second-order valence-electron chi connectivity index (χ2n) is 6.82. The minimum Gasteiger partial charge on any atom is -0.296 e. The molecule has 0 saturated carbocycles. The van der Waals surface area contributed by atoms with Crippen molar-refractivity contribution in [1.29, 1.82) is 0 Å². The molecule has 1 N–H and O–H groups in total. The molecule has 0 aliphatic heterocycles. The molecule has 28 heavy (non-hydrogen) atoms. The van der Waals surface area contributed by atoms with Crippen LogP contribution in [0.3, 0.4) is 0 Å². The minimum atomic E-state index is -0.671. The van der Waals surface area contributed by atoms with Crippen LogP contribution in [-0.4, -0.2) is 20.7 Å². The number of rotatable bonds is 3. The van der Waals surface area contributed by atoms with E-state index in [1.54, 1.807) is 7.05 Å². The largest absolute Gasteiger partial charge is 0.296 e. The molecule has 0 aliphatic carbocycles. The Morgan fingerprint density at radius 1 is 1.21 bits per heavy atom. The number of fused-ring (bicyclic) bond motifs is 2. The second-order valence-corrected chi connectivity index (χ2v) is 7.85. The summed E-state index contributed by atoms with van der Waals surface area (Å²) in [6.45, 7) is 4.21. The fourth-order valence-electron chi connectivity index (χ4n) is 3.01. The lowest BCUT2D eigenvalue weighted by atomic mass is 10.0. The maximum Gasteiger partial charge on any atom is 0.281 e. The predicted molar refractivity (Wildman–Crippen MR) is 109 cm³/mol. The molecule has 4 rings (SSSR count). The number of nitrogens with zero attached hydrogens (tertiary/aromatic N) is 3. The van der Waals surface area contributed by atoms with Crippen molar-refractivity contribution in [1.82, 2.24) is 14.8 Å². The van der Waals surface area contributed by atoms with Crippen LogP contribution >= 0.6 is 11.3 Å². The lowest BCUT2D eigenvalue weighted by molar-refractivity contribution is 0.101. The van der Waals surface area contributed by atoms with Crippen molar-refractivity contribution in [2.75, 3.05) is 5.32 Å². The smallest absolute Gasteiger partial charge is 0.281 e. The number of thiazole rings is 1. The van der Waals surface area contributed by atoms with Crippen molar-refractivity contribution in [2.24, 2.45) is 7.05 Å². The fraction of sp³-hybridized carbons (Fsp3) is 0.200. The molecular formula is C20H17FN4O2S. The number of aromatic nitrogens is 3. The summed E-state index contributed by atoms with van der Waals surface area (Å²) in [6, 6.07) is 9.78. The third-order valence-electron chi connectivity index (χ3n) is 4.53. The average Bonchev–Trinajstić information content (AvgIpc) is 3.05. The molecule has 6 nitrogen and oxygen atoms in total. The maximum atomic E-state index is 13.6. The first-order valence-corrected chi connectivity index (χ1v) is 9.53. The van der Waals surface area contributed by atoms with Crippen molar-refractivity contribution in [3.8, 4) is 0 Å². The highest BCUT2D eigenvalue weighted by Crippen LogP contribution is 2.29. The first-order valence-electron chi connectivity index (χ1n) is 8.72. The van der Waals surface area contributed by atoms with Crippen LogP contribution in [0.15, 0.2) is 41.2 Å². The van der Waals surface area contributed by atoms with Crippen molar-refractivity contribution in [3.63, 3.8) is 0 Å². The van der Waals surface area contributed by atoms with Crippen molar-refractivity contribution >= 4 is 43.5 Å². The zero-order chi connectivity index (χ0) is 20.0. The minimum absolute atomic E-state index is 0.105. The molecule has 0 saturated heterocycles. The van der Waals surface area contributed by atoms with Crippen LogP contribution in [-0.2, 0) is 7.05 Å². The number of hydrogen-bond acceptors (Lipinski definition) is 5. The summed E-state index contributed by atoms with van der Waals surface area (Å²) >= 11 is 1.33. The molecule has 4 aromatic rings. The number of carbonyl (C=O) groups excluding carboxylic acids is 1. The normalized spacial score (nSPS) is 11.5. The lowest BCUT2D eigenvalue weighted by Crippen LogP contribution is -2.26. The first kappa shape index (κ1) is 18.2. The number of hydrogen-bond donors (Lipinski definition) is 1. The second kappa shape index (κ2) is 6.79. The molecule has 2 aromatic heterocycles. The average molecular weight is 396 g/mol. The topological polar surface area (TPSA) is 76.9 Å². The Morgan fingerprint density at radius 3 is 2.75 bits per heavy atom. The Kier molecular flexibility index (Phi) is 4.43. The van der Waals surface area contributed by atoms with Crippen molar-refractivity contribution in [3.05, 3.63) is 63.7 Å². The van der Waals surface area contributed by atoms with Gasteiger partial charge in [-0.15, -0.1) is 0 Å². The zero-order valence-corrected chi connectivity index (χ0v) is 16.3. The Balaban J connectivity index is 1.71. The summed E-state index contributed by atoms with van der Waals surface area (Å²) < 4.78 is 15.9. The highest BCUT2D eigenvalue weighted by molar-refractivity contribution is 7.22. The molecule has 2 aromatic carbocycles. The van der Waals surface area contributed by atoms with E-state index >= 15 is 0 Å². The van der Waals surface area contributed by atoms with E-state index in [1.807, 2.05) is 18.2 Å². The molecule has 142 valence electrons. The molecule has 1 amide bonds. The molecule has 0 unspecified atom stereocenters. The summed E-state index contributed by atoms with van der Waals surface area (Å²) in [5, 5.41) is 7.19. The van der Waals surface area contributed by atoms with Gasteiger partial charge in [-0.05, 0) is 41.8 Å². The van der Waals surface area contributed by atoms with E-state index in [9.17, 15) is 14.0 Å². The van der Waals surface area contributed by atoms with E-state index < -0.39 is 17.2 Å². The Morgan fingerprint density at radius 2 is 2.00 bits per heavy atom. The number of aryl methyl sites for hydroxylation is 1. The van der Waals surface area contributed by atoms with Crippen LogP contribution in [0.1, 0.15) is 35.8 Å². The van der Waals surface area contributed by atoms with Crippen molar-refractivity contribution in [2.45, 2.75) is 19.8 Å². The highest BCUT2D eigenvalue weighted by atomic mass is 32.1. The molecule has 0 bridgehead atoms. The molecule has 8 heteroatoms. The summed E-state index contributed by atoms with van der Waals surface area (Å²) in [5.41, 5.74) is 1.48. The zero-order valence-electron chi connectivity index (χ0n) is 15.5. The van der Waals surface area contributed by atoms with Crippen molar-refractivity contribution < 1.29 is 9.18 Å². The Hall–Kier alpha value is -3.13. The molecule has 0 atom stereocenters. The summed E-state index contributed by atoms with van der Waals surface area (Å²) in [6.07, 6.45) is 0. The van der Waals surface area contributed by atoms with Gasteiger partial charge in [0.25, 0.3) is 5.91 Å². The van der Waals surface area contributed by atoms with E-state index in [1.165, 1.54) is 33.7 Å². The van der Waals surface area contributed by atoms with Gasteiger partial charge in [0.15, 0.2) is 10.8 Å². The van der Waals surface area contributed by atoms with Gasteiger partial charge in [-0.25, -0.2) is 9.37 Å². The number of benzene rings is 2. The van der Waals surface area contributed by atoms with E-state index in [4.69, 9.17) is 0 Å². The summed E-state index contributed by atoms with van der Waals surface area (Å²) in [5.74, 6) is -0.834. The quantitative estimate of drug-likeness (QED) is 0.567. The van der Waals surface area contributed by atoms with E-state index in [-0.39, 0.29) is 11.1 Å². The molecule has 0 fully saturated rings. The van der Waals surface area contributed by atoms with Gasteiger partial charge in [0.05, 0.1) is 21.1 Å². The molecule has 0 radical (unpaired) electrons. The summed E-state index contributed by atoms with van der Waals surface area (Å²) in [7, 11) is 1.60. The fourth-order valence-corrected chi connectivity index (χ4v) is 3.92. The lowest BCUT2D eigenvalue weighted by Gasteiger charge is -2.07. The number of halogens is 1. The van der Waals surface area contributed by atoms with Gasteiger partial charge in [0.2, 0.25) is 5.43 Å². The number of nitrogens with one attached hydrogen (secondary N) is 1. The third-order valence-corrected chi connectivity index (χ3v) is 5.47. The Labute approximate surface area is 163 Å². The van der Waals surface area contributed by atoms with Crippen LogP contribution in [0.25, 0.3) is 21.1 Å². The van der Waals surface area contributed by atoms with Crippen LogP contribution < -0.4 is 10.7 Å². The first-order chi connectivity index (χ1) is 13.3. The molecule has 0 spiro atoms. The Bertz CT molecular complexity index is 1290. The summed E-state index contributed by atoms with van der Waals surface area (Å²) in [4.78, 5) is 29.7. The van der Waals surface area contributed by atoms with Gasteiger partial charge in [-0.2, -0.15) is 5.10 Å². The SMILES string of the molecule is CC(C)c1ccc2nc(NC(=O)c3nn(C)c4ccc(F)cc4c3=O)sc2c1. The molecular weight excluding hydrogens is 379 g/mol. The van der Waals surface area contributed by atoms with Crippen LogP contribution in [0.4, 0.5) is 9.52 Å². The van der Waals surface area contributed by atoms with Gasteiger partial charge in [0, 0.05) is 7.05 Å². The molecule has 0 aliphatic rings. The number of anilines is 1. The third kappa shape index (κ3) is 3.16. The number of carbonyl (C=O) groups is 1. The van der Waals surface area contributed by atoms with Gasteiger partial charge in [-0.1, -0.05) is 31.3 Å². The van der Waals surface area contributed by atoms with E-state index in [0.717, 1.165) is 16.3 Å². The molecule has 2 heterocycles. The predicted octanol–water partition coefficient (Wildman–Crippen LogP) is 4.06. The van der Waals surface area contributed by atoms with Gasteiger partial charge < -0.3 is 0 Å². The van der Waals surface area contributed by atoms with Gasteiger partial charge >= 0.3 is 0 Å². The van der Waals surface area contributed by atoms with Crippen LogP contribution in [0.2, 0.25) is 0 Å². The number of amides is 1. The van der Waals surface area contributed by atoms with Gasteiger partial charge in [0.1, 0.15) is 5.82 Å². The highest BCUT2D eigenvalue weighted by Gasteiger charge is 2.19. The monoisotopic (exact) mass is 396 g/mol.